The average molecular weight is 846 g/mol. The lowest BCUT2D eigenvalue weighted by Gasteiger charge is -2.27. The summed E-state index contributed by atoms with van der Waals surface area (Å²) in [5.74, 6) is 0. The minimum absolute atomic E-state index is 0.234. The Kier molecular flexibility index (Phi) is 11.7. The number of fused-ring (bicyclic) bond motifs is 2. The molecule has 3 aliphatic rings. The molecule has 3 aromatic rings. The molecule has 7 heteroatoms. The van der Waals surface area contributed by atoms with Gasteiger partial charge in [-0.3, -0.25) is 0 Å². The van der Waals surface area contributed by atoms with Crippen LogP contribution in [0.5, 0.6) is 0 Å². The summed E-state index contributed by atoms with van der Waals surface area (Å²) in [6.45, 7) is 15.5. The van der Waals surface area contributed by atoms with Gasteiger partial charge in [0.1, 0.15) is 6.54 Å². The van der Waals surface area contributed by atoms with Gasteiger partial charge in [-0.1, -0.05) is 109 Å². The van der Waals surface area contributed by atoms with Gasteiger partial charge in [0.2, 0.25) is 15.5 Å². The molecule has 3 aromatic carbocycles. The Balaban J connectivity index is 1.47. The molecule has 2 aliphatic heterocycles. The van der Waals surface area contributed by atoms with Crippen LogP contribution in [0, 0.1) is 0 Å². The SMILES string of the molecule is CCCCCN1/C(=C/C=C2\CCC(/C=C/C3=[N+](CCCCC)c4ccc(Br)cc4C3(C)C)=C2S(=O)(=O)c2ccccc2)C(C)(C)c2cc(Br)ccc21. The number of hydrogen-bond donors (Lipinski definition) is 0. The Morgan fingerprint density at radius 3 is 2.15 bits per heavy atom. The van der Waals surface area contributed by atoms with Crippen LogP contribution in [0.4, 0.5) is 11.4 Å². The van der Waals surface area contributed by atoms with Crippen LogP contribution in [-0.4, -0.2) is 31.8 Å². The first kappa shape index (κ1) is 38.7. The van der Waals surface area contributed by atoms with Gasteiger partial charge in [0.25, 0.3) is 0 Å². The molecule has 1 aliphatic carbocycles. The second-order valence-corrected chi connectivity index (χ2v) is 19.1. The topological polar surface area (TPSA) is 40.4 Å². The van der Waals surface area contributed by atoms with E-state index in [0.717, 1.165) is 58.9 Å². The predicted molar refractivity (Wildman–Crippen MR) is 226 cm³/mol. The van der Waals surface area contributed by atoms with Crippen molar-refractivity contribution in [3.05, 3.63) is 133 Å². The molecule has 4 nitrogen and oxygen atoms in total. The highest BCUT2D eigenvalue weighted by Gasteiger charge is 2.45. The minimum Gasteiger partial charge on any atom is -0.344 e. The Hall–Kier alpha value is -3.00. The third-order valence-electron chi connectivity index (χ3n) is 11.1. The first-order valence-corrected chi connectivity index (χ1v) is 22.0. The van der Waals surface area contributed by atoms with E-state index in [9.17, 15) is 8.42 Å². The fourth-order valence-electron chi connectivity index (χ4n) is 8.26. The maximum Gasteiger partial charge on any atom is 0.209 e. The fourth-order valence-corrected chi connectivity index (χ4v) is 10.8. The van der Waals surface area contributed by atoms with Crippen molar-refractivity contribution in [2.75, 3.05) is 18.0 Å². The summed E-state index contributed by atoms with van der Waals surface area (Å²) in [4.78, 5) is 3.25. The van der Waals surface area contributed by atoms with Crippen molar-refractivity contribution in [1.82, 2.24) is 0 Å². The Morgan fingerprint density at radius 1 is 0.769 bits per heavy atom. The monoisotopic (exact) mass is 843 g/mol. The van der Waals surface area contributed by atoms with Crippen LogP contribution in [-0.2, 0) is 20.7 Å². The molecule has 0 unspecified atom stereocenters. The second-order valence-electron chi connectivity index (χ2n) is 15.4. The summed E-state index contributed by atoms with van der Waals surface area (Å²) in [5.41, 5.74) is 8.76. The number of benzene rings is 3. The van der Waals surface area contributed by atoms with Crippen molar-refractivity contribution >= 4 is 58.8 Å². The highest BCUT2D eigenvalue weighted by Crippen LogP contribution is 2.49. The molecule has 52 heavy (non-hydrogen) atoms. The smallest absolute Gasteiger partial charge is 0.209 e. The summed E-state index contributed by atoms with van der Waals surface area (Å²) in [6, 6.07) is 22.1. The molecule has 0 saturated heterocycles. The number of rotatable bonds is 13. The van der Waals surface area contributed by atoms with Crippen molar-refractivity contribution in [1.29, 1.82) is 0 Å². The normalized spacial score (nSPS) is 19.5. The third kappa shape index (κ3) is 7.39. The van der Waals surface area contributed by atoms with Crippen LogP contribution < -0.4 is 4.90 Å². The molecular weight excluding hydrogens is 792 g/mol. The quantitative estimate of drug-likeness (QED) is 0.127. The first-order valence-electron chi connectivity index (χ1n) is 19.0. The van der Waals surface area contributed by atoms with Crippen molar-refractivity contribution in [2.45, 2.75) is 109 Å². The van der Waals surface area contributed by atoms with Gasteiger partial charge >= 0.3 is 0 Å². The average Bonchev–Trinajstić information content (AvgIpc) is 3.69. The standard InChI is InChI=1S/C45H53Br2N2O2S/c1-7-9-14-28-48-39-24-22-34(46)30-37(39)44(3,4)41(48)26-20-32-18-19-33(43(32)52(50,51)36-16-12-11-13-17-36)21-27-42-45(5,6)38-31-35(47)23-25-40(38)49(42)29-15-10-8-2/h11-13,16-17,20-27,30-31H,7-10,14-15,18-19,28-29H2,1-6H3/q+1. The zero-order valence-electron chi connectivity index (χ0n) is 31.6. The number of hydrogen-bond acceptors (Lipinski definition) is 3. The van der Waals surface area contributed by atoms with E-state index in [1.54, 1.807) is 12.1 Å². The van der Waals surface area contributed by atoms with Crippen molar-refractivity contribution in [3.8, 4) is 0 Å². The Bertz CT molecular complexity index is 2100. The van der Waals surface area contributed by atoms with Gasteiger partial charge in [-0.2, -0.15) is 4.58 Å². The number of halogens is 2. The van der Waals surface area contributed by atoms with Gasteiger partial charge < -0.3 is 4.90 Å². The van der Waals surface area contributed by atoms with E-state index in [1.165, 1.54) is 46.8 Å². The van der Waals surface area contributed by atoms with Gasteiger partial charge in [-0.15, -0.1) is 0 Å². The molecule has 0 atom stereocenters. The third-order valence-corrected chi connectivity index (χ3v) is 14.1. The molecule has 0 radical (unpaired) electrons. The predicted octanol–water partition coefficient (Wildman–Crippen LogP) is 12.7. The summed E-state index contributed by atoms with van der Waals surface area (Å²) >= 11 is 7.42. The van der Waals surface area contributed by atoms with Crippen molar-refractivity contribution in [3.63, 3.8) is 0 Å². The molecule has 0 bridgehead atoms. The van der Waals surface area contributed by atoms with E-state index in [1.807, 2.05) is 18.2 Å². The summed E-state index contributed by atoms with van der Waals surface area (Å²) in [7, 11) is -3.78. The van der Waals surface area contributed by atoms with Crippen LogP contribution in [0.3, 0.4) is 0 Å². The number of unbranched alkanes of at least 4 members (excludes halogenated alkanes) is 4. The number of nitrogens with zero attached hydrogens (tertiary/aromatic N) is 2. The van der Waals surface area contributed by atoms with E-state index in [0.29, 0.717) is 22.6 Å². The van der Waals surface area contributed by atoms with Crippen LogP contribution in [0.25, 0.3) is 0 Å². The number of anilines is 1. The number of allylic oxidation sites excluding steroid dienone is 7. The molecule has 0 saturated carbocycles. The fraction of sp³-hybridized carbons (Fsp3) is 0.400. The maximum absolute atomic E-state index is 14.6. The lowest BCUT2D eigenvalue weighted by atomic mass is 9.81. The van der Waals surface area contributed by atoms with Crippen LogP contribution in [0.1, 0.15) is 104 Å². The molecule has 0 fully saturated rings. The summed E-state index contributed by atoms with van der Waals surface area (Å²) < 4.78 is 33.8. The Labute approximate surface area is 329 Å². The van der Waals surface area contributed by atoms with E-state index in [-0.39, 0.29) is 10.8 Å². The first-order chi connectivity index (χ1) is 24.8. The lowest BCUT2D eigenvalue weighted by molar-refractivity contribution is -0.438. The van der Waals surface area contributed by atoms with Gasteiger partial charge in [-0.25, -0.2) is 8.42 Å². The molecule has 0 aromatic heterocycles. The summed E-state index contributed by atoms with van der Waals surface area (Å²) in [6.07, 6.45) is 16.8. The van der Waals surface area contributed by atoms with Crippen molar-refractivity contribution in [2.24, 2.45) is 0 Å². The van der Waals surface area contributed by atoms with E-state index in [2.05, 4.69) is 144 Å². The minimum atomic E-state index is -3.78. The van der Waals surface area contributed by atoms with Crippen LogP contribution in [0.2, 0.25) is 0 Å². The molecule has 6 rings (SSSR count). The van der Waals surface area contributed by atoms with E-state index >= 15 is 0 Å². The molecule has 2 heterocycles. The molecular formula is C45H53Br2N2O2S+. The summed E-state index contributed by atoms with van der Waals surface area (Å²) in [5, 5.41) is 0. The van der Waals surface area contributed by atoms with Gasteiger partial charge in [-0.05, 0) is 105 Å². The highest BCUT2D eigenvalue weighted by atomic mass is 79.9. The largest absolute Gasteiger partial charge is 0.344 e. The van der Waals surface area contributed by atoms with E-state index < -0.39 is 9.84 Å². The van der Waals surface area contributed by atoms with Gasteiger partial charge in [0.05, 0.1) is 15.2 Å². The Morgan fingerprint density at radius 2 is 1.44 bits per heavy atom. The number of sulfone groups is 1. The highest BCUT2D eigenvalue weighted by molar-refractivity contribution is 9.10. The van der Waals surface area contributed by atoms with E-state index in [4.69, 9.17) is 0 Å². The van der Waals surface area contributed by atoms with Crippen LogP contribution >= 0.6 is 31.9 Å². The van der Waals surface area contributed by atoms with Gasteiger partial charge in [0, 0.05) is 56.4 Å². The van der Waals surface area contributed by atoms with Gasteiger partial charge in [0.15, 0.2) is 5.71 Å². The van der Waals surface area contributed by atoms with Crippen LogP contribution in [0.15, 0.2) is 127 Å². The zero-order valence-corrected chi connectivity index (χ0v) is 35.6. The molecule has 274 valence electrons. The maximum atomic E-state index is 14.6. The molecule has 0 N–H and O–H groups in total. The lowest BCUT2D eigenvalue weighted by Crippen LogP contribution is -2.28. The molecule has 0 amide bonds. The zero-order chi connectivity index (χ0) is 37.3. The van der Waals surface area contributed by atoms with Crippen molar-refractivity contribution < 1.29 is 13.0 Å². The molecule has 0 spiro atoms. The second kappa shape index (κ2) is 15.8.